The van der Waals surface area contributed by atoms with E-state index in [9.17, 15) is 0 Å². The number of nitrogens with zero attached hydrogens (tertiary/aromatic N) is 3. The Morgan fingerprint density at radius 2 is 2.14 bits per heavy atom. The number of aryl methyl sites for hydroxylation is 3. The molecule has 0 aliphatic rings. The lowest BCUT2D eigenvalue weighted by molar-refractivity contribution is 0.503. The van der Waals surface area contributed by atoms with Crippen LogP contribution in [0.4, 0.5) is 0 Å². The second-order valence-corrected chi connectivity index (χ2v) is 6.72. The highest BCUT2D eigenvalue weighted by molar-refractivity contribution is 7.09. The van der Waals surface area contributed by atoms with Crippen molar-refractivity contribution in [1.82, 2.24) is 20.1 Å². The average Bonchev–Trinajstić information content (AvgIpc) is 2.94. The molecule has 0 spiro atoms. The van der Waals surface area contributed by atoms with Gasteiger partial charge in [-0.1, -0.05) is 18.5 Å². The highest BCUT2D eigenvalue weighted by atomic mass is 35.5. The third-order valence-electron chi connectivity index (χ3n) is 3.49. The molecule has 0 aliphatic heterocycles. The molecular formula is C15H23ClN4S. The Balaban J connectivity index is 2.12. The van der Waals surface area contributed by atoms with Crippen molar-refractivity contribution >= 4 is 22.9 Å². The Kier molecular flexibility index (Phi) is 5.79. The zero-order valence-corrected chi connectivity index (χ0v) is 14.7. The normalized spacial score (nSPS) is 12.8. The molecule has 0 amide bonds. The van der Waals surface area contributed by atoms with E-state index < -0.39 is 0 Å². The van der Waals surface area contributed by atoms with Crippen molar-refractivity contribution in [2.24, 2.45) is 7.05 Å². The van der Waals surface area contributed by atoms with Crippen LogP contribution in [0.15, 0.2) is 5.38 Å². The molecule has 116 valence electrons. The van der Waals surface area contributed by atoms with Crippen LogP contribution in [0.1, 0.15) is 35.3 Å². The molecule has 2 aromatic heterocycles. The van der Waals surface area contributed by atoms with Crippen molar-refractivity contribution in [1.29, 1.82) is 0 Å². The van der Waals surface area contributed by atoms with Crippen LogP contribution in [0.2, 0.25) is 5.15 Å². The lowest BCUT2D eigenvalue weighted by atomic mass is 10.0. The van der Waals surface area contributed by atoms with Gasteiger partial charge < -0.3 is 5.32 Å². The van der Waals surface area contributed by atoms with Crippen LogP contribution in [0.5, 0.6) is 0 Å². The lowest BCUT2D eigenvalue weighted by Gasteiger charge is -2.17. The summed E-state index contributed by atoms with van der Waals surface area (Å²) in [6.07, 6.45) is 2.94. The minimum Gasteiger partial charge on any atom is -0.313 e. The van der Waals surface area contributed by atoms with Gasteiger partial charge in [0.2, 0.25) is 0 Å². The summed E-state index contributed by atoms with van der Waals surface area (Å²) in [4.78, 5) is 4.57. The summed E-state index contributed by atoms with van der Waals surface area (Å²) in [7, 11) is 1.89. The maximum absolute atomic E-state index is 6.36. The minimum atomic E-state index is 0.343. The summed E-state index contributed by atoms with van der Waals surface area (Å²) >= 11 is 8.09. The Labute approximate surface area is 135 Å². The maximum atomic E-state index is 6.36. The number of aromatic nitrogens is 3. The number of hydrogen-bond donors (Lipinski definition) is 1. The van der Waals surface area contributed by atoms with Crippen LogP contribution in [0.3, 0.4) is 0 Å². The van der Waals surface area contributed by atoms with Crippen molar-refractivity contribution in [3.05, 3.63) is 32.5 Å². The molecular weight excluding hydrogens is 304 g/mol. The van der Waals surface area contributed by atoms with Crippen molar-refractivity contribution in [2.75, 3.05) is 6.54 Å². The summed E-state index contributed by atoms with van der Waals surface area (Å²) in [6.45, 7) is 7.24. The van der Waals surface area contributed by atoms with Crippen LogP contribution >= 0.6 is 22.9 Å². The van der Waals surface area contributed by atoms with Gasteiger partial charge in [-0.15, -0.1) is 11.3 Å². The summed E-state index contributed by atoms with van der Waals surface area (Å²) < 4.78 is 1.75. The standard InChI is InChI=1S/C15H23ClN4S/c1-5-6-17-12(8-14-18-10(2)9-21-14)7-13-11(3)19-20(4)15(13)16/h9,12,17H,5-8H2,1-4H3. The minimum absolute atomic E-state index is 0.343. The summed E-state index contributed by atoms with van der Waals surface area (Å²) in [5.74, 6) is 0. The number of nitrogens with one attached hydrogen (secondary N) is 1. The third-order valence-corrected chi connectivity index (χ3v) is 4.95. The second-order valence-electron chi connectivity index (χ2n) is 5.42. The number of halogens is 1. The molecule has 1 atom stereocenters. The molecule has 2 aromatic rings. The second kappa shape index (κ2) is 7.38. The molecule has 4 nitrogen and oxygen atoms in total. The van der Waals surface area contributed by atoms with E-state index in [4.69, 9.17) is 11.6 Å². The van der Waals surface area contributed by atoms with Crippen molar-refractivity contribution in [2.45, 2.75) is 46.1 Å². The fourth-order valence-electron chi connectivity index (χ4n) is 2.42. The van der Waals surface area contributed by atoms with Crippen LogP contribution in [-0.4, -0.2) is 27.4 Å². The molecule has 0 aromatic carbocycles. The van der Waals surface area contributed by atoms with E-state index in [0.29, 0.717) is 6.04 Å². The van der Waals surface area contributed by atoms with Gasteiger partial charge in [0.05, 0.1) is 10.7 Å². The van der Waals surface area contributed by atoms with E-state index in [1.54, 1.807) is 16.0 Å². The number of rotatable bonds is 7. The molecule has 1 N–H and O–H groups in total. The van der Waals surface area contributed by atoms with Crippen LogP contribution in [0.25, 0.3) is 0 Å². The highest BCUT2D eigenvalue weighted by Crippen LogP contribution is 2.22. The first-order chi connectivity index (χ1) is 10.0. The molecule has 2 heterocycles. The zero-order chi connectivity index (χ0) is 15.4. The fourth-order valence-corrected chi connectivity index (χ4v) is 3.53. The molecule has 1 unspecified atom stereocenters. The molecule has 0 saturated carbocycles. The van der Waals surface area contributed by atoms with Gasteiger partial charge in [-0.05, 0) is 33.2 Å². The first-order valence-corrected chi connectivity index (χ1v) is 8.59. The van der Waals surface area contributed by atoms with Gasteiger partial charge in [-0.25, -0.2) is 4.98 Å². The van der Waals surface area contributed by atoms with Gasteiger partial charge in [0, 0.05) is 36.1 Å². The molecule has 0 saturated heterocycles. The van der Waals surface area contributed by atoms with Crippen LogP contribution in [0, 0.1) is 13.8 Å². The molecule has 0 bridgehead atoms. The van der Waals surface area contributed by atoms with Crippen molar-refractivity contribution in [3.63, 3.8) is 0 Å². The van der Waals surface area contributed by atoms with E-state index in [0.717, 1.165) is 47.9 Å². The molecule has 0 aliphatic carbocycles. The predicted molar refractivity (Wildman–Crippen MR) is 89.3 cm³/mol. The van der Waals surface area contributed by atoms with E-state index >= 15 is 0 Å². The Morgan fingerprint density at radius 3 is 2.67 bits per heavy atom. The molecule has 0 radical (unpaired) electrons. The van der Waals surface area contributed by atoms with Gasteiger partial charge in [-0.2, -0.15) is 5.10 Å². The van der Waals surface area contributed by atoms with E-state index in [1.807, 2.05) is 20.9 Å². The summed E-state index contributed by atoms with van der Waals surface area (Å²) in [5, 5.41) is 12.0. The fraction of sp³-hybridized carbons (Fsp3) is 0.600. The Hall–Kier alpha value is -0.910. The maximum Gasteiger partial charge on any atom is 0.130 e. The van der Waals surface area contributed by atoms with Crippen LogP contribution < -0.4 is 5.32 Å². The van der Waals surface area contributed by atoms with Crippen molar-refractivity contribution in [3.8, 4) is 0 Å². The first-order valence-electron chi connectivity index (χ1n) is 7.33. The third kappa shape index (κ3) is 4.28. The molecule has 0 fully saturated rings. The van der Waals surface area contributed by atoms with E-state index in [2.05, 4.69) is 27.7 Å². The quantitative estimate of drug-likeness (QED) is 0.849. The number of thiazole rings is 1. The SMILES string of the molecule is CCCNC(Cc1nc(C)cs1)Cc1c(C)nn(C)c1Cl. The van der Waals surface area contributed by atoms with Crippen molar-refractivity contribution < 1.29 is 0 Å². The highest BCUT2D eigenvalue weighted by Gasteiger charge is 2.18. The first kappa shape index (κ1) is 16.5. The Morgan fingerprint density at radius 1 is 1.38 bits per heavy atom. The van der Waals surface area contributed by atoms with Gasteiger partial charge in [0.25, 0.3) is 0 Å². The zero-order valence-electron chi connectivity index (χ0n) is 13.1. The lowest BCUT2D eigenvalue weighted by Crippen LogP contribution is -2.34. The van der Waals surface area contributed by atoms with Gasteiger partial charge in [0.15, 0.2) is 0 Å². The van der Waals surface area contributed by atoms with Gasteiger partial charge in [0.1, 0.15) is 5.15 Å². The average molecular weight is 327 g/mol. The Bertz CT molecular complexity index is 591. The van der Waals surface area contributed by atoms with E-state index in [-0.39, 0.29) is 0 Å². The summed E-state index contributed by atoms with van der Waals surface area (Å²) in [5.41, 5.74) is 3.25. The molecule has 2 rings (SSSR count). The van der Waals surface area contributed by atoms with E-state index in [1.165, 1.54) is 5.01 Å². The largest absolute Gasteiger partial charge is 0.313 e. The molecule has 21 heavy (non-hydrogen) atoms. The summed E-state index contributed by atoms with van der Waals surface area (Å²) in [6, 6.07) is 0.343. The molecule has 6 heteroatoms. The topological polar surface area (TPSA) is 42.7 Å². The smallest absolute Gasteiger partial charge is 0.130 e. The van der Waals surface area contributed by atoms with Crippen LogP contribution in [-0.2, 0) is 19.9 Å². The number of hydrogen-bond acceptors (Lipinski definition) is 4. The van der Waals surface area contributed by atoms with Gasteiger partial charge >= 0.3 is 0 Å². The predicted octanol–water partition coefficient (Wildman–Crippen LogP) is 3.30. The van der Waals surface area contributed by atoms with Gasteiger partial charge in [-0.3, -0.25) is 4.68 Å². The monoisotopic (exact) mass is 326 g/mol.